The molecular formula is C13H13FN2O2. The van der Waals surface area contributed by atoms with Crippen molar-refractivity contribution in [3.05, 3.63) is 30.1 Å². The summed E-state index contributed by atoms with van der Waals surface area (Å²) in [5, 5.41) is 3.78. The number of anilines is 1. The van der Waals surface area contributed by atoms with Gasteiger partial charge in [0.2, 0.25) is 5.88 Å². The first-order valence-corrected chi connectivity index (χ1v) is 5.87. The zero-order valence-electron chi connectivity index (χ0n) is 9.73. The topological polar surface area (TPSA) is 61.3 Å². The van der Waals surface area contributed by atoms with Crippen molar-refractivity contribution in [1.82, 2.24) is 5.16 Å². The van der Waals surface area contributed by atoms with Gasteiger partial charge >= 0.3 is 0 Å². The predicted molar refractivity (Wildman–Crippen MR) is 64.5 cm³/mol. The van der Waals surface area contributed by atoms with Crippen LogP contribution >= 0.6 is 0 Å². The van der Waals surface area contributed by atoms with Crippen molar-refractivity contribution < 1.29 is 13.7 Å². The third kappa shape index (κ3) is 2.30. The fourth-order valence-electron chi connectivity index (χ4n) is 1.74. The van der Waals surface area contributed by atoms with E-state index in [-0.39, 0.29) is 11.7 Å². The first-order valence-electron chi connectivity index (χ1n) is 5.87. The minimum absolute atomic E-state index is 0.197. The van der Waals surface area contributed by atoms with Gasteiger partial charge in [0.05, 0.1) is 6.61 Å². The number of nitrogens with two attached hydrogens (primary N) is 1. The monoisotopic (exact) mass is 248 g/mol. The van der Waals surface area contributed by atoms with Crippen molar-refractivity contribution >= 4 is 5.88 Å². The zero-order chi connectivity index (χ0) is 12.5. The van der Waals surface area contributed by atoms with Gasteiger partial charge in [0.25, 0.3) is 0 Å². The van der Waals surface area contributed by atoms with Crippen molar-refractivity contribution in [2.75, 3.05) is 12.3 Å². The lowest BCUT2D eigenvalue weighted by Crippen LogP contribution is -2.00. The van der Waals surface area contributed by atoms with Gasteiger partial charge in [-0.05, 0) is 37.0 Å². The lowest BCUT2D eigenvalue weighted by Gasteiger charge is -2.09. The normalized spacial score (nSPS) is 14.7. The Kier molecular flexibility index (Phi) is 2.66. The highest BCUT2D eigenvalue weighted by atomic mass is 19.1. The van der Waals surface area contributed by atoms with E-state index < -0.39 is 0 Å². The van der Waals surface area contributed by atoms with E-state index in [1.54, 1.807) is 12.1 Å². The fourth-order valence-corrected chi connectivity index (χ4v) is 1.74. The van der Waals surface area contributed by atoms with Crippen molar-refractivity contribution in [2.45, 2.75) is 12.8 Å². The summed E-state index contributed by atoms with van der Waals surface area (Å²) in [5.74, 6) is 1.09. The molecule has 4 nitrogen and oxygen atoms in total. The zero-order valence-corrected chi connectivity index (χ0v) is 9.73. The second-order valence-electron chi connectivity index (χ2n) is 4.51. The lowest BCUT2D eigenvalue weighted by atomic mass is 10.1. The molecule has 0 saturated heterocycles. The maximum absolute atomic E-state index is 13.3. The van der Waals surface area contributed by atoms with Gasteiger partial charge < -0.3 is 15.0 Å². The minimum Gasteiger partial charge on any atom is -0.493 e. The summed E-state index contributed by atoms with van der Waals surface area (Å²) >= 11 is 0. The molecule has 0 radical (unpaired) electrons. The highest BCUT2D eigenvalue weighted by molar-refractivity contribution is 5.68. The number of halogens is 1. The highest BCUT2D eigenvalue weighted by Gasteiger charge is 2.23. The Hall–Kier alpha value is -2.04. The van der Waals surface area contributed by atoms with Crippen LogP contribution in [0.3, 0.4) is 0 Å². The summed E-state index contributed by atoms with van der Waals surface area (Å²) in [6.07, 6.45) is 2.40. The number of hydrogen-bond acceptors (Lipinski definition) is 4. The number of nitrogens with zero attached hydrogens (tertiary/aromatic N) is 1. The summed E-state index contributed by atoms with van der Waals surface area (Å²) in [7, 11) is 0. The van der Waals surface area contributed by atoms with E-state index in [1.165, 1.54) is 25.0 Å². The maximum Gasteiger partial charge on any atom is 0.222 e. The van der Waals surface area contributed by atoms with Gasteiger partial charge in [-0.3, -0.25) is 0 Å². The molecule has 2 aromatic rings. The van der Waals surface area contributed by atoms with Crippen molar-refractivity contribution in [2.24, 2.45) is 5.92 Å². The van der Waals surface area contributed by atoms with E-state index in [9.17, 15) is 4.39 Å². The molecule has 94 valence electrons. The third-order valence-corrected chi connectivity index (χ3v) is 2.92. The Balaban J connectivity index is 1.91. The summed E-state index contributed by atoms with van der Waals surface area (Å²) in [4.78, 5) is 0. The number of hydrogen-bond donors (Lipinski definition) is 1. The average Bonchev–Trinajstić information content (AvgIpc) is 3.09. The summed E-state index contributed by atoms with van der Waals surface area (Å²) in [6.45, 7) is 0.659. The molecule has 0 bridgehead atoms. The van der Waals surface area contributed by atoms with E-state index in [2.05, 4.69) is 5.16 Å². The fraction of sp³-hybridized carbons (Fsp3) is 0.308. The average molecular weight is 248 g/mol. The Morgan fingerprint density at radius 1 is 1.39 bits per heavy atom. The van der Waals surface area contributed by atoms with Crippen molar-refractivity contribution in [3.63, 3.8) is 0 Å². The molecule has 18 heavy (non-hydrogen) atoms. The Morgan fingerprint density at radius 2 is 2.22 bits per heavy atom. The lowest BCUT2D eigenvalue weighted by molar-refractivity contribution is 0.300. The van der Waals surface area contributed by atoms with Gasteiger partial charge in [0, 0.05) is 11.6 Å². The summed E-state index contributed by atoms with van der Waals surface area (Å²) < 4.78 is 23.8. The van der Waals surface area contributed by atoms with E-state index in [0.29, 0.717) is 29.5 Å². The standard InChI is InChI=1S/C13H13FN2O2/c14-9-3-4-12(17-7-8-1-2-8)10(5-9)11-6-13(15)18-16-11/h3-6,8H,1-2,7,15H2. The number of aromatic nitrogens is 1. The molecule has 1 heterocycles. The second-order valence-corrected chi connectivity index (χ2v) is 4.51. The number of ether oxygens (including phenoxy) is 1. The minimum atomic E-state index is -0.342. The molecule has 1 aromatic heterocycles. The third-order valence-electron chi connectivity index (χ3n) is 2.92. The van der Waals surface area contributed by atoms with Crippen LogP contribution in [-0.4, -0.2) is 11.8 Å². The smallest absolute Gasteiger partial charge is 0.222 e. The highest BCUT2D eigenvalue weighted by Crippen LogP contribution is 2.34. The molecule has 0 aliphatic heterocycles. The molecule has 1 aromatic carbocycles. The van der Waals surface area contributed by atoms with E-state index in [4.69, 9.17) is 15.0 Å². The van der Waals surface area contributed by atoms with Gasteiger partial charge in [-0.15, -0.1) is 0 Å². The predicted octanol–water partition coefficient (Wildman–Crippen LogP) is 2.85. The molecule has 1 aliphatic carbocycles. The van der Waals surface area contributed by atoms with E-state index >= 15 is 0 Å². The largest absolute Gasteiger partial charge is 0.493 e. The molecular weight excluding hydrogens is 235 g/mol. The molecule has 0 unspecified atom stereocenters. The Bertz CT molecular complexity index is 564. The summed E-state index contributed by atoms with van der Waals surface area (Å²) in [5.41, 5.74) is 6.52. The van der Waals surface area contributed by atoms with Crippen LogP contribution in [0.15, 0.2) is 28.8 Å². The summed E-state index contributed by atoms with van der Waals surface area (Å²) in [6, 6.07) is 5.91. The van der Waals surface area contributed by atoms with E-state index in [1.807, 2.05) is 0 Å². The van der Waals surface area contributed by atoms with Crippen LogP contribution < -0.4 is 10.5 Å². The van der Waals surface area contributed by atoms with Crippen LogP contribution in [0.25, 0.3) is 11.3 Å². The van der Waals surface area contributed by atoms with Gasteiger partial charge in [-0.2, -0.15) is 0 Å². The molecule has 1 saturated carbocycles. The number of rotatable bonds is 4. The maximum atomic E-state index is 13.3. The molecule has 1 fully saturated rings. The molecule has 5 heteroatoms. The van der Waals surface area contributed by atoms with Crippen LogP contribution in [0.4, 0.5) is 10.3 Å². The van der Waals surface area contributed by atoms with Crippen LogP contribution in [0, 0.1) is 11.7 Å². The Morgan fingerprint density at radius 3 is 2.89 bits per heavy atom. The Labute approximate surface area is 104 Å². The van der Waals surface area contributed by atoms with Crippen LogP contribution in [0.1, 0.15) is 12.8 Å². The van der Waals surface area contributed by atoms with Crippen molar-refractivity contribution in [1.29, 1.82) is 0 Å². The quantitative estimate of drug-likeness (QED) is 0.903. The van der Waals surface area contributed by atoms with Crippen LogP contribution in [0.5, 0.6) is 5.75 Å². The first kappa shape index (κ1) is 11.1. The first-order chi connectivity index (χ1) is 8.72. The molecule has 1 aliphatic rings. The molecule has 0 spiro atoms. The molecule has 0 atom stereocenters. The van der Waals surface area contributed by atoms with Gasteiger partial charge in [0.15, 0.2) is 0 Å². The van der Waals surface area contributed by atoms with Crippen molar-refractivity contribution in [3.8, 4) is 17.0 Å². The van der Waals surface area contributed by atoms with Crippen LogP contribution in [-0.2, 0) is 0 Å². The number of benzene rings is 1. The van der Waals surface area contributed by atoms with Gasteiger partial charge in [-0.1, -0.05) is 5.16 Å². The van der Waals surface area contributed by atoms with Gasteiger partial charge in [-0.25, -0.2) is 4.39 Å². The SMILES string of the molecule is Nc1cc(-c2cc(F)ccc2OCC2CC2)no1. The molecule has 0 amide bonds. The number of nitrogen functional groups attached to an aromatic ring is 1. The van der Waals surface area contributed by atoms with Gasteiger partial charge in [0.1, 0.15) is 17.3 Å². The second kappa shape index (κ2) is 4.33. The molecule has 3 rings (SSSR count). The van der Waals surface area contributed by atoms with E-state index in [0.717, 1.165) is 0 Å². The molecule has 2 N–H and O–H groups in total. The van der Waals surface area contributed by atoms with Crippen LogP contribution in [0.2, 0.25) is 0 Å².